The number of hydrogen-bond donors (Lipinski definition) is 2. The molecule has 0 radical (unpaired) electrons. The van der Waals surface area contributed by atoms with Crippen molar-refractivity contribution in [2.45, 2.75) is 10.9 Å². The van der Waals surface area contributed by atoms with E-state index in [0.29, 0.717) is 11.4 Å². The normalized spacial score (nSPS) is 10.5. The summed E-state index contributed by atoms with van der Waals surface area (Å²) in [6.07, 6.45) is 0. The number of nitro groups is 1. The monoisotopic (exact) mass is 400 g/mol. The van der Waals surface area contributed by atoms with Gasteiger partial charge >= 0.3 is 5.56 Å². The van der Waals surface area contributed by atoms with Gasteiger partial charge in [0.2, 0.25) is 11.0 Å². The van der Waals surface area contributed by atoms with E-state index in [-0.39, 0.29) is 16.7 Å². The molecule has 0 atom stereocenters. The van der Waals surface area contributed by atoms with Gasteiger partial charge in [-0.25, -0.2) is 0 Å². The van der Waals surface area contributed by atoms with Gasteiger partial charge in [0, 0.05) is 29.1 Å². The van der Waals surface area contributed by atoms with E-state index in [1.54, 1.807) is 7.11 Å². The van der Waals surface area contributed by atoms with Crippen molar-refractivity contribution in [2.24, 2.45) is 0 Å². The molecule has 3 N–H and O–H groups in total. The van der Waals surface area contributed by atoms with Crippen molar-refractivity contribution < 1.29 is 9.66 Å². The van der Waals surface area contributed by atoms with Crippen LogP contribution < -0.4 is 21.5 Å². The van der Waals surface area contributed by atoms with Gasteiger partial charge in [0.25, 0.3) is 5.69 Å². The first-order valence-electron chi connectivity index (χ1n) is 8.00. The molecule has 0 spiro atoms. The maximum Gasteiger partial charge on any atom is 0.315 e. The van der Waals surface area contributed by atoms with Crippen molar-refractivity contribution in [1.29, 1.82) is 0 Å². The smallest absolute Gasteiger partial charge is 0.315 e. The number of hydrogen-bond acceptors (Lipinski definition) is 9. The second kappa shape index (κ2) is 8.39. The molecule has 1 heterocycles. The molecule has 2 aromatic carbocycles. The molecular formula is C17H16N6O4S. The van der Waals surface area contributed by atoms with Crippen molar-refractivity contribution in [3.63, 3.8) is 0 Å². The van der Waals surface area contributed by atoms with Crippen molar-refractivity contribution in [2.75, 3.05) is 18.3 Å². The molecule has 3 rings (SSSR count). The number of nitrogens with two attached hydrogens (primary N) is 1. The van der Waals surface area contributed by atoms with E-state index in [0.717, 1.165) is 16.0 Å². The first kappa shape index (κ1) is 19.2. The fourth-order valence-electron chi connectivity index (χ4n) is 2.33. The predicted molar refractivity (Wildman–Crippen MR) is 105 cm³/mol. The third-order valence-electron chi connectivity index (χ3n) is 3.75. The van der Waals surface area contributed by atoms with Gasteiger partial charge in [0.15, 0.2) is 0 Å². The van der Waals surface area contributed by atoms with Gasteiger partial charge in [-0.2, -0.15) is 4.68 Å². The SMILES string of the molecule is COc1ccccc1CSc1nnc(Nc2ccc([N+](=O)[O-])cc2)c(=O)n1N. The standard InChI is InChI=1S/C17H16N6O4S/c1-27-14-5-3-2-4-11(14)10-28-17-21-20-15(16(24)22(17)18)19-12-6-8-13(9-7-12)23(25)26/h2-9H,10,18H2,1H3,(H,19,20). The molecule has 0 aliphatic carbocycles. The molecule has 0 saturated carbocycles. The number of methoxy groups -OCH3 is 1. The fourth-order valence-corrected chi connectivity index (χ4v) is 3.17. The summed E-state index contributed by atoms with van der Waals surface area (Å²) in [6.45, 7) is 0. The van der Waals surface area contributed by atoms with Crippen LogP contribution in [0.4, 0.5) is 17.2 Å². The van der Waals surface area contributed by atoms with E-state index in [1.807, 2.05) is 24.3 Å². The van der Waals surface area contributed by atoms with Crippen LogP contribution in [0.2, 0.25) is 0 Å². The molecule has 0 bridgehead atoms. The summed E-state index contributed by atoms with van der Waals surface area (Å²) in [5, 5.41) is 21.6. The Hall–Kier alpha value is -3.60. The van der Waals surface area contributed by atoms with Gasteiger partial charge in [-0.1, -0.05) is 30.0 Å². The molecular weight excluding hydrogens is 384 g/mol. The molecule has 0 aliphatic rings. The Morgan fingerprint density at radius 3 is 2.61 bits per heavy atom. The molecule has 0 aliphatic heterocycles. The lowest BCUT2D eigenvalue weighted by molar-refractivity contribution is -0.384. The van der Waals surface area contributed by atoms with Crippen LogP contribution in [0.3, 0.4) is 0 Å². The summed E-state index contributed by atoms with van der Waals surface area (Å²) < 4.78 is 6.20. The Balaban J connectivity index is 1.75. The van der Waals surface area contributed by atoms with Crippen molar-refractivity contribution >= 4 is 29.0 Å². The zero-order valence-electron chi connectivity index (χ0n) is 14.7. The van der Waals surface area contributed by atoms with Crippen LogP contribution in [0.25, 0.3) is 0 Å². The number of nitrogens with one attached hydrogen (secondary N) is 1. The number of aromatic nitrogens is 3. The highest BCUT2D eigenvalue weighted by Gasteiger charge is 2.13. The molecule has 11 heteroatoms. The van der Waals surface area contributed by atoms with E-state index in [1.165, 1.54) is 36.0 Å². The summed E-state index contributed by atoms with van der Waals surface area (Å²) >= 11 is 1.25. The minimum atomic E-state index is -0.573. The number of nitro benzene ring substituents is 1. The zero-order chi connectivity index (χ0) is 20.1. The van der Waals surface area contributed by atoms with Crippen LogP contribution in [0, 0.1) is 10.1 Å². The van der Waals surface area contributed by atoms with Crippen molar-refractivity contribution in [3.05, 3.63) is 74.6 Å². The van der Waals surface area contributed by atoms with Gasteiger partial charge in [-0.15, -0.1) is 10.2 Å². The number of ether oxygens (including phenoxy) is 1. The highest BCUT2D eigenvalue weighted by Crippen LogP contribution is 2.26. The number of nitrogen functional groups attached to an aromatic ring is 1. The highest BCUT2D eigenvalue weighted by molar-refractivity contribution is 7.98. The van der Waals surface area contributed by atoms with Crippen LogP contribution in [-0.4, -0.2) is 26.9 Å². The van der Waals surface area contributed by atoms with Crippen LogP contribution in [-0.2, 0) is 5.75 Å². The summed E-state index contributed by atoms with van der Waals surface area (Å²) in [4.78, 5) is 22.6. The molecule has 3 aromatic rings. The average molecular weight is 400 g/mol. The van der Waals surface area contributed by atoms with E-state index < -0.39 is 10.5 Å². The Kier molecular flexibility index (Phi) is 5.75. The molecule has 0 fully saturated rings. The van der Waals surface area contributed by atoms with Crippen LogP contribution >= 0.6 is 11.8 Å². The van der Waals surface area contributed by atoms with Crippen LogP contribution in [0.5, 0.6) is 5.75 Å². The second-order valence-electron chi connectivity index (χ2n) is 5.54. The van der Waals surface area contributed by atoms with E-state index in [2.05, 4.69) is 15.5 Å². The van der Waals surface area contributed by atoms with Crippen molar-refractivity contribution in [1.82, 2.24) is 14.9 Å². The number of rotatable bonds is 7. The topological polar surface area (TPSA) is 138 Å². The van der Waals surface area contributed by atoms with Gasteiger partial charge in [0.1, 0.15) is 5.75 Å². The number of benzene rings is 2. The third kappa shape index (κ3) is 4.20. The summed E-state index contributed by atoms with van der Waals surface area (Å²) in [5.41, 5.74) is 0.746. The molecule has 0 saturated heterocycles. The second-order valence-corrected chi connectivity index (χ2v) is 6.48. The average Bonchev–Trinajstić information content (AvgIpc) is 2.71. The predicted octanol–water partition coefficient (Wildman–Crippen LogP) is 2.30. The maximum atomic E-state index is 12.4. The number of para-hydroxylation sites is 1. The first-order valence-corrected chi connectivity index (χ1v) is 8.99. The van der Waals surface area contributed by atoms with Gasteiger partial charge in [-0.05, 0) is 18.2 Å². The Morgan fingerprint density at radius 1 is 1.21 bits per heavy atom. The molecule has 144 valence electrons. The number of non-ortho nitro benzene ring substituents is 1. The zero-order valence-corrected chi connectivity index (χ0v) is 15.5. The van der Waals surface area contributed by atoms with E-state index >= 15 is 0 Å². The van der Waals surface area contributed by atoms with E-state index in [9.17, 15) is 14.9 Å². The van der Waals surface area contributed by atoms with Gasteiger partial charge < -0.3 is 15.9 Å². The Bertz CT molecular complexity index is 1050. The number of anilines is 2. The molecule has 0 amide bonds. The third-order valence-corrected chi connectivity index (χ3v) is 4.75. The molecule has 28 heavy (non-hydrogen) atoms. The minimum Gasteiger partial charge on any atom is -0.496 e. The summed E-state index contributed by atoms with van der Waals surface area (Å²) in [6, 6.07) is 13.1. The Morgan fingerprint density at radius 2 is 1.93 bits per heavy atom. The van der Waals surface area contributed by atoms with Crippen LogP contribution in [0.1, 0.15) is 5.56 Å². The van der Waals surface area contributed by atoms with Crippen molar-refractivity contribution in [3.8, 4) is 5.75 Å². The van der Waals surface area contributed by atoms with Gasteiger partial charge in [-0.3, -0.25) is 14.9 Å². The molecule has 1 aromatic heterocycles. The Labute approximate surface area is 163 Å². The number of thioether (sulfide) groups is 1. The lowest BCUT2D eigenvalue weighted by Gasteiger charge is -2.10. The first-order chi connectivity index (χ1) is 13.5. The largest absolute Gasteiger partial charge is 0.496 e. The van der Waals surface area contributed by atoms with Crippen LogP contribution in [0.15, 0.2) is 58.5 Å². The lowest BCUT2D eigenvalue weighted by atomic mass is 10.2. The van der Waals surface area contributed by atoms with Gasteiger partial charge in [0.05, 0.1) is 12.0 Å². The lowest BCUT2D eigenvalue weighted by Crippen LogP contribution is -2.32. The van der Waals surface area contributed by atoms with E-state index in [4.69, 9.17) is 10.6 Å². The number of nitrogens with zero attached hydrogens (tertiary/aromatic N) is 4. The quantitative estimate of drug-likeness (QED) is 0.265. The summed E-state index contributed by atoms with van der Waals surface area (Å²) in [7, 11) is 1.58. The highest BCUT2D eigenvalue weighted by atomic mass is 32.2. The molecule has 0 unspecified atom stereocenters. The summed E-state index contributed by atoms with van der Waals surface area (Å²) in [5.74, 6) is 6.99. The maximum absolute atomic E-state index is 12.4. The fraction of sp³-hybridized carbons (Fsp3) is 0.118. The minimum absolute atomic E-state index is 0.0593. The molecule has 10 nitrogen and oxygen atoms in total.